The van der Waals surface area contributed by atoms with Crippen molar-refractivity contribution in [2.45, 2.75) is 50.5 Å². The van der Waals surface area contributed by atoms with Gasteiger partial charge in [0.15, 0.2) is 6.29 Å². The molecule has 1 fully saturated rings. The lowest BCUT2D eigenvalue weighted by Gasteiger charge is -2.45. The molecule has 34 heavy (non-hydrogen) atoms. The molecule has 1 saturated heterocycles. The molecule has 0 spiro atoms. The Kier molecular flexibility index (Phi) is 9.91. The zero-order chi connectivity index (χ0) is 23.6. The predicted octanol–water partition coefficient (Wildman–Crippen LogP) is 5.55. The maximum atomic E-state index is 6.52. The summed E-state index contributed by atoms with van der Waals surface area (Å²) in [6.07, 6.45) is -1.87. The average Bonchev–Trinajstić information content (AvgIpc) is 2.91. The molecule has 0 bridgehead atoms. The molecule has 0 radical (unpaired) electrons. The van der Waals surface area contributed by atoms with E-state index in [1.165, 1.54) is 0 Å². The van der Waals surface area contributed by atoms with Gasteiger partial charge in [0.1, 0.15) is 18.3 Å². The second-order valence-electron chi connectivity index (χ2n) is 8.22. The molecule has 0 N–H and O–H groups in total. The quantitative estimate of drug-likeness (QED) is 0.222. The van der Waals surface area contributed by atoms with Gasteiger partial charge in [0.25, 0.3) is 0 Å². The zero-order valence-electron chi connectivity index (χ0n) is 19.3. The summed E-state index contributed by atoms with van der Waals surface area (Å²) in [5.41, 5.74) is 3.28. The first-order chi connectivity index (χ1) is 16.8. The largest absolute Gasteiger partial charge is 0.368 e. The van der Waals surface area contributed by atoms with Crippen LogP contribution in [-0.2, 0) is 43.5 Å². The number of benzene rings is 3. The van der Waals surface area contributed by atoms with Gasteiger partial charge in [-0.2, -0.15) is 0 Å². The van der Waals surface area contributed by atoms with E-state index in [1.54, 1.807) is 7.11 Å². The number of ether oxygens (including phenoxy) is 5. The van der Waals surface area contributed by atoms with E-state index in [4.69, 9.17) is 23.7 Å². The minimum atomic E-state index is -0.555. The number of rotatable bonds is 11. The summed E-state index contributed by atoms with van der Waals surface area (Å²) in [6.45, 7) is 1.35. The van der Waals surface area contributed by atoms with Gasteiger partial charge in [0.05, 0.1) is 25.9 Å². The second-order valence-corrected chi connectivity index (χ2v) is 9.10. The molecule has 180 valence electrons. The van der Waals surface area contributed by atoms with Gasteiger partial charge >= 0.3 is 0 Å². The fraction of sp³-hybridized carbons (Fsp3) is 0.357. The summed E-state index contributed by atoms with van der Waals surface area (Å²) < 4.78 is 32.2. The van der Waals surface area contributed by atoms with E-state index in [2.05, 4.69) is 46.9 Å². The van der Waals surface area contributed by atoms with E-state index < -0.39 is 12.4 Å². The van der Waals surface area contributed by atoms with Gasteiger partial charge in [0.2, 0.25) is 0 Å². The molecule has 1 aliphatic heterocycles. The first-order valence-electron chi connectivity index (χ1n) is 11.5. The highest BCUT2D eigenvalue weighted by molar-refractivity contribution is 14.1. The minimum Gasteiger partial charge on any atom is -0.368 e. The lowest BCUT2D eigenvalue weighted by Crippen LogP contribution is -2.61. The molecule has 1 heterocycles. The highest BCUT2D eigenvalue weighted by Gasteiger charge is 2.48. The van der Waals surface area contributed by atoms with Crippen LogP contribution in [0.5, 0.6) is 0 Å². The van der Waals surface area contributed by atoms with Crippen LogP contribution in [0.1, 0.15) is 16.7 Å². The Balaban J connectivity index is 1.56. The van der Waals surface area contributed by atoms with Crippen molar-refractivity contribution in [1.29, 1.82) is 0 Å². The molecular weight excluding hydrogens is 543 g/mol. The topological polar surface area (TPSA) is 46.2 Å². The maximum absolute atomic E-state index is 6.52. The summed E-state index contributed by atoms with van der Waals surface area (Å²) in [5.74, 6) is 0. The molecule has 3 aromatic rings. The zero-order valence-corrected chi connectivity index (χ0v) is 21.5. The molecule has 0 amide bonds. The summed E-state index contributed by atoms with van der Waals surface area (Å²) >= 11 is 2.33. The molecule has 6 heteroatoms. The molecule has 4 rings (SSSR count). The highest BCUT2D eigenvalue weighted by atomic mass is 127. The van der Waals surface area contributed by atoms with Crippen LogP contribution in [0.25, 0.3) is 0 Å². The third kappa shape index (κ3) is 6.87. The van der Waals surface area contributed by atoms with Crippen LogP contribution >= 0.6 is 22.6 Å². The van der Waals surface area contributed by atoms with Crippen molar-refractivity contribution in [2.75, 3.05) is 11.5 Å². The number of methoxy groups -OCH3 is 1. The third-order valence-electron chi connectivity index (χ3n) is 5.83. The van der Waals surface area contributed by atoms with Gasteiger partial charge < -0.3 is 23.7 Å². The van der Waals surface area contributed by atoms with Crippen molar-refractivity contribution in [3.8, 4) is 0 Å². The standard InChI is InChI=1S/C28H31IO5/c1-30-28-27(33-20-23-15-9-4-10-16-23)26(32-19-22-13-7-3-8-14-22)25(24(17-29)34-28)31-18-21-11-5-2-6-12-21/h2-16,24-28H,17-20H2,1H3/t24?,25-,26-,27+,28-/m0/s1. The molecule has 0 saturated carbocycles. The summed E-state index contributed by atoms with van der Waals surface area (Å²) in [5, 5.41) is 0. The Labute approximate surface area is 215 Å². The Hall–Kier alpha value is -1.81. The van der Waals surface area contributed by atoms with Crippen molar-refractivity contribution in [1.82, 2.24) is 0 Å². The lowest BCUT2D eigenvalue weighted by atomic mass is 9.98. The fourth-order valence-corrected chi connectivity index (χ4v) is 4.77. The second kappa shape index (κ2) is 13.3. The van der Waals surface area contributed by atoms with E-state index in [0.29, 0.717) is 19.8 Å². The minimum absolute atomic E-state index is 0.188. The van der Waals surface area contributed by atoms with Crippen molar-refractivity contribution < 1.29 is 23.7 Å². The smallest absolute Gasteiger partial charge is 0.186 e. The normalized spacial score (nSPS) is 24.7. The average molecular weight is 574 g/mol. The number of hydrogen-bond donors (Lipinski definition) is 0. The third-order valence-corrected chi connectivity index (χ3v) is 6.70. The van der Waals surface area contributed by atoms with Crippen molar-refractivity contribution >= 4 is 22.6 Å². The van der Waals surface area contributed by atoms with Crippen molar-refractivity contribution in [3.63, 3.8) is 0 Å². The Morgan fingerprint density at radius 2 is 1.03 bits per heavy atom. The van der Waals surface area contributed by atoms with Gasteiger partial charge in [-0.25, -0.2) is 0 Å². The summed E-state index contributed by atoms with van der Waals surface area (Å²) in [7, 11) is 1.65. The molecule has 1 unspecified atom stereocenters. The van der Waals surface area contributed by atoms with Crippen molar-refractivity contribution in [2.24, 2.45) is 0 Å². The van der Waals surface area contributed by atoms with Gasteiger partial charge in [-0.05, 0) is 16.7 Å². The molecular formula is C28H31IO5. The highest BCUT2D eigenvalue weighted by Crippen LogP contribution is 2.31. The first-order valence-corrected chi connectivity index (χ1v) is 13.0. The van der Waals surface area contributed by atoms with Crippen LogP contribution in [0.3, 0.4) is 0 Å². The Morgan fingerprint density at radius 3 is 1.44 bits per heavy atom. The molecule has 3 aromatic carbocycles. The summed E-state index contributed by atoms with van der Waals surface area (Å²) in [6, 6.07) is 30.4. The van der Waals surface area contributed by atoms with E-state index in [1.807, 2.05) is 66.7 Å². The van der Waals surface area contributed by atoms with Crippen LogP contribution in [0.2, 0.25) is 0 Å². The van der Waals surface area contributed by atoms with E-state index in [0.717, 1.165) is 21.1 Å². The molecule has 1 aliphatic rings. The van der Waals surface area contributed by atoms with Crippen LogP contribution in [-0.4, -0.2) is 42.2 Å². The van der Waals surface area contributed by atoms with Gasteiger partial charge in [-0.15, -0.1) is 0 Å². The van der Waals surface area contributed by atoms with Gasteiger partial charge in [0, 0.05) is 11.5 Å². The first kappa shape index (κ1) is 25.3. The van der Waals surface area contributed by atoms with E-state index in [9.17, 15) is 0 Å². The monoisotopic (exact) mass is 574 g/mol. The Morgan fingerprint density at radius 1 is 0.618 bits per heavy atom. The van der Waals surface area contributed by atoms with Crippen molar-refractivity contribution in [3.05, 3.63) is 108 Å². The fourth-order valence-electron chi connectivity index (χ4n) is 4.06. The van der Waals surface area contributed by atoms with Gasteiger partial charge in [-0.1, -0.05) is 114 Å². The van der Waals surface area contributed by atoms with Crippen LogP contribution in [0.4, 0.5) is 0 Å². The van der Waals surface area contributed by atoms with Gasteiger partial charge in [-0.3, -0.25) is 0 Å². The lowest BCUT2D eigenvalue weighted by molar-refractivity contribution is -0.313. The molecule has 5 atom stereocenters. The number of hydrogen-bond acceptors (Lipinski definition) is 5. The van der Waals surface area contributed by atoms with Crippen LogP contribution in [0, 0.1) is 0 Å². The molecule has 0 aliphatic carbocycles. The van der Waals surface area contributed by atoms with Crippen LogP contribution < -0.4 is 0 Å². The van der Waals surface area contributed by atoms with Crippen LogP contribution in [0.15, 0.2) is 91.0 Å². The Bertz CT molecular complexity index is 899. The molecule has 0 aromatic heterocycles. The number of alkyl halides is 1. The summed E-state index contributed by atoms with van der Waals surface area (Å²) in [4.78, 5) is 0. The SMILES string of the molecule is CO[C@H]1OC(CI)[C@H](OCc2ccccc2)[C@H](OCc2ccccc2)[C@H]1OCc1ccccc1. The maximum Gasteiger partial charge on any atom is 0.186 e. The molecule has 5 nitrogen and oxygen atoms in total. The number of halogens is 1. The predicted molar refractivity (Wildman–Crippen MR) is 140 cm³/mol. The van der Waals surface area contributed by atoms with E-state index in [-0.39, 0.29) is 18.3 Å². The van der Waals surface area contributed by atoms with E-state index >= 15 is 0 Å².